The zero-order valence-corrected chi connectivity index (χ0v) is 64.3. The van der Waals surface area contributed by atoms with Crippen LogP contribution in [0.5, 0.6) is 0 Å². The second-order valence-corrected chi connectivity index (χ2v) is 31.1. The average Bonchev–Trinajstić information content (AvgIpc) is 1.67. The lowest BCUT2D eigenvalue weighted by molar-refractivity contribution is -0.161. The molecule has 17 nitrogen and oxygen atoms in total. The van der Waals surface area contributed by atoms with Gasteiger partial charge in [-0.1, -0.05) is 356 Å². The fourth-order valence-electron chi connectivity index (χ4n) is 11.9. The quantitative estimate of drug-likeness (QED) is 0.0222. The molecule has 0 radical (unpaired) electrons. The monoisotopic (exact) mass is 1410 g/mol. The average molecular weight is 1410 g/mol. The van der Waals surface area contributed by atoms with Gasteiger partial charge in [0.2, 0.25) is 0 Å². The van der Waals surface area contributed by atoms with E-state index in [9.17, 15) is 43.2 Å². The fourth-order valence-corrected chi connectivity index (χ4v) is 13.5. The summed E-state index contributed by atoms with van der Waals surface area (Å²) in [6.45, 7) is 7.23. The first kappa shape index (κ1) is 94.1. The van der Waals surface area contributed by atoms with Crippen LogP contribution in [0.3, 0.4) is 0 Å². The van der Waals surface area contributed by atoms with Gasteiger partial charge in [-0.25, -0.2) is 9.13 Å². The number of unbranched alkanes of at least 4 members (excludes halogenated alkanes) is 49. The van der Waals surface area contributed by atoms with E-state index in [0.717, 1.165) is 96.3 Å². The Morgan fingerprint density at radius 1 is 0.281 bits per heavy atom. The molecular weight excluding hydrogens is 1260 g/mol. The molecule has 570 valence electrons. The Hall–Kier alpha value is -1.94. The van der Waals surface area contributed by atoms with Crippen LogP contribution in [-0.4, -0.2) is 96.7 Å². The standard InChI is InChI=1S/C77H150O17P2/c1-6-9-12-15-18-21-24-27-29-31-33-36-38-41-44-50-55-60-74(79)87-66-72(93-76(81)63-58-53-46-43-40-37-34-32-30-28-25-22-19-16-13-10-7-2)68-91-95(83,84)89-64-71(78)65-90-96(85,86)92-69-73(67-88-75(80)61-56-51-48-47-49-54-59-70(4)5)94-77(82)62-57-52-45-42-39-35-26-23-20-17-14-11-8-3/h70-73,78H,6-69H2,1-5H3,(H,83,84)(H,85,86)/t71-,72-,73-/m1/s1. The number of rotatable bonds is 77. The molecule has 0 fully saturated rings. The van der Waals surface area contributed by atoms with E-state index in [-0.39, 0.29) is 25.7 Å². The second-order valence-electron chi connectivity index (χ2n) is 28.2. The van der Waals surface area contributed by atoms with Gasteiger partial charge in [0.15, 0.2) is 12.2 Å². The summed E-state index contributed by atoms with van der Waals surface area (Å²) in [4.78, 5) is 72.8. The highest BCUT2D eigenvalue weighted by Gasteiger charge is 2.30. The Morgan fingerprint density at radius 2 is 0.479 bits per heavy atom. The minimum absolute atomic E-state index is 0.107. The summed E-state index contributed by atoms with van der Waals surface area (Å²) in [5.74, 6) is -1.43. The molecule has 0 saturated heterocycles. The number of carbonyl (C=O) groups is 4. The molecule has 0 saturated carbocycles. The molecule has 2 unspecified atom stereocenters. The lowest BCUT2D eigenvalue weighted by atomic mass is 10.0. The van der Waals surface area contributed by atoms with Gasteiger partial charge in [0, 0.05) is 25.7 Å². The molecule has 0 bridgehead atoms. The van der Waals surface area contributed by atoms with Crippen LogP contribution in [0.15, 0.2) is 0 Å². The normalized spacial score (nSPS) is 13.9. The number of aliphatic hydroxyl groups excluding tert-OH is 1. The highest BCUT2D eigenvalue weighted by Crippen LogP contribution is 2.45. The molecule has 3 N–H and O–H groups in total. The molecule has 0 rings (SSSR count). The van der Waals surface area contributed by atoms with Crippen molar-refractivity contribution in [3.05, 3.63) is 0 Å². The van der Waals surface area contributed by atoms with E-state index in [1.807, 2.05) is 0 Å². The molecule has 0 aromatic heterocycles. The van der Waals surface area contributed by atoms with Gasteiger partial charge in [0.1, 0.15) is 19.3 Å². The third-order valence-electron chi connectivity index (χ3n) is 18.0. The Balaban J connectivity index is 5.22. The van der Waals surface area contributed by atoms with Crippen molar-refractivity contribution in [1.82, 2.24) is 0 Å². The summed E-state index contributed by atoms with van der Waals surface area (Å²) in [7, 11) is -9.91. The van der Waals surface area contributed by atoms with Crippen molar-refractivity contribution in [2.75, 3.05) is 39.6 Å². The van der Waals surface area contributed by atoms with Crippen LogP contribution < -0.4 is 0 Å². The summed E-state index contributed by atoms with van der Waals surface area (Å²) < 4.78 is 68.5. The molecule has 96 heavy (non-hydrogen) atoms. The molecule has 0 spiro atoms. The predicted molar refractivity (Wildman–Crippen MR) is 391 cm³/mol. The van der Waals surface area contributed by atoms with Gasteiger partial charge in [0.05, 0.1) is 26.4 Å². The number of hydrogen-bond acceptors (Lipinski definition) is 15. The van der Waals surface area contributed by atoms with Crippen LogP contribution in [0.4, 0.5) is 0 Å². The number of phosphoric ester groups is 2. The van der Waals surface area contributed by atoms with E-state index < -0.39 is 97.5 Å². The Kier molecular flexibility index (Phi) is 68.7. The minimum Gasteiger partial charge on any atom is -0.462 e. The first-order valence-corrected chi connectivity index (χ1v) is 43.1. The summed E-state index contributed by atoms with van der Waals surface area (Å²) >= 11 is 0. The molecule has 0 heterocycles. The number of esters is 4. The Morgan fingerprint density at radius 3 is 0.708 bits per heavy atom. The summed E-state index contributed by atoms with van der Waals surface area (Å²) in [6, 6.07) is 0. The molecule has 0 aliphatic rings. The van der Waals surface area contributed by atoms with Crippen LogP contribution in [0.25, 0.3) is 0 Å². The zero-order valence-electron chi connectivity index (χ0n) is 62.5. The topological polar surface area (TPSA) is 237 Å². The fraction of sp³-hybridized carbons (Fsp3) is 0.948. The van der Waals surface area contributed by atoms with Crippen molar-refractivity contribution in [3.8, 4) is 0 Å². The zero-order chi connectivity index (χ0) is 70.5. The largest absolute Gasteiger partial charge is 0.472 e. The van der Waals surface area contributed by atoms with Crippen LogP contribution in [0, 0.1) is 5.92 Å². The van der Waals surface area contributed by atoms with Crippen molar-refractivity contribution in [2.45, 2.75) is 425 Å². The van der Waals surface area contributed by atoms with E-state index in [2.05, 4.69) is 34.6 Å². The lowest BCUT2D eigenvalue weighted by Gasteiger charge is -2.21. The van der Waals surface area contributed by atoms with Gasteiger partial charge < -0.3 is 33.8 Å². The summed E-state index contributed by atoms with van der Waals surface area (Å²) in [5, 5.41) is 10.6. The molecule has 0 amide bonds. The molecule has 0 aliphatic carbocycles. The van der Waals surface area contributed by atoms with Crippen molar-refractivity contribution >= 4 is 39.5 Å². The van der Waals surface area contributed by atoms with Gasteiger partial charge in [-0.3, -0.25) is 37.3 Å². The third kappa shape index (κ3) is 70.5. The summed E-state index contributed by atoms with van der Waals surface area (Å²) in [6.07, 6.45) is 59.8. The van der Waals surface area contributed by atoms with Crippen LogP contribution in [-0.2, 0) is 65.4 Å². The highest BCUT2D eigenvalue weighted by molar-refractivity contribution is 7.47. The van der Waals surface area contributed by atoms with E-state index >= 15 is 0 Å². The molecule has 5 atom stereocenters. The van der Waals surface area contributed by atoms with Gasteiger partial charge in [-0.2, -0.15) is 0 Å². The number of hydrogen-bond donors (Lipinski definition) is 3. The second kappa shape index (κ2) is 70.1. The minimum atomic E-state index is -4.96. The third-order valence-corrected chi connectivity index (χ3v) is 19.9. The molecule has 0 aromatic carbocycles. The van der Waals surface area contributed by atoms with E-state index in [4.69, 9.17) is 37.0 Å². The van der Waals surface area contributed by atoms with Crippen LogP contribution in [0.1, 0.15) is 407 Å². The SMILES string of the molecule is CCCCCCCCCCCCCCCCCCCC(=O)OC[C@H](COP(=O)(O)OC[C@@H](O)COP(=O)(O)OC[C@@H](COC(=O)CCCCCCCCC(C)C)OC(=O)CCCCCCCCCCCCCCC)OC(=O)CCCCCCCCCCCCCCCCCCC. The number of ether oxygens (including phenoxy) is 4. The first-order chi connectivity index (χ1) is 46.5. The van der Waals surface area contributed by atoms with Gasteiger partial charge in [0.25, 0.3) is 0 Å². The maximum Gasteiger partial charge on any atom is 0.472 e. The van der Waals surface area contributed by atoms with Crippen LogP contribution >= 0.6 is 15.6 Å². The molecule has 0 aromatic rings. The van der Waals surface area contributed by atoms with E-state index in [1.165, 1.54) is 225 Å². The maximum atomic E-state index is 13.1. The van der Waals surface area contributed by atoms with Crippen LogP contribution in [0.2, 0.25) is 0 Å². The van der Waals surface area contributed by atoms with Crippen molar-refractivity contribution in [3.63, 3.8) is 0 Å². The predicted octanol–water partition coefficient (Wildman–Crippen LogP) is 22.9. The van der Waals surface area contributed by atoms with Gasteiger partial charge in [-0.15, -0.1) is 0 Å². The smallest absolute Gasteiger partial charge is 0.462 e. The maximum absolute atomic E-state index is 13.1. The number of carbonyl (C=O) groups excluding carboxylic acids is 4. The first-order valence-electron chi connectivity index (χ1n) is 40.1. The van der Waals surface area contributed by atoms with Gasteiger partial charge >= 0.3 is 39.5 Å². The number of phosphoric acid groups is 2. The lowest BCUT2D eigenvalue weighted by Crippen LogP contribution is -2.30. The van der Waals surface area contributed by atoms with E-state index in [1.54, 1.807) is 0 Å². The Bertz CT molecular complexity index is 1840. The molecule has 19 heteroatoms. The Labute approximate surface area is 588 Å². The van der Waals surface area contributed by atoms with Gasteiger partial charge in [-0.05, 0) is 31.6 Å². The van der Waals surface area contributed by atoms with E-state index in [0.29, 0.717) is 31.6 Å². The van der Waals surface area contributed by atoms with Crippen molar-refractivity contribution in [1.29, 1.82) is 0 Å². The van der Waals surface area contributed by atoms with Crippen molar-refractivity contribution < 1.29 is 80.2 Å². The highest BCUT2D eigenvalue weighted by atomic mass is 31.2. The number of aliphatic hydroxyl groups is 1. The van der Waals surface area contributed by atoms with Crippen molar-refractivity contribution in [2.24, 2.45) is 5.92 Å². The molecule has 0 aliphatic heterocycles. The molecular formula is C77H150O17P2. The summed E-state index contributed by atoms with van der Waals surface area (Å²) in [5.41, 5.74) is 0.